The van der Waals surface area contributed by atoms with Crippen molar-refractivity contribution in [1.82, 2.24) is 9.55 Å². The number of rotatable bonds is 6. The second-order valence-electron chi connectivity index (χ2n) is 6.66. The lowest BCUT2D eigenvalue weighted by atomic mass is 10.0. The molecule has 0 radical (unpaired) electrons. The molecule has 0 saturated carbocycles. The molecular weight excluding hydrogens is 358 g/mol. The molecule has 0 aliphatic carbocycles. The minimum atomic E-state index is -0.829. The summed E-state index contributed by atoms with van der Waals surface area (Å²) in [4.78, 5) is 15.4. The van der Waals surface area contributed by atoms with Crippen LogP contribution >= 0.6 is 0 Å². The summed E-state index contributed by atoms with van der Waals surface area (Å²) in [5.41, 5.74) is 5.87. The first kappa shape index (κ1) is 17.9. The summed E-state index contributed by atoms with van der Waals surface area (Å²) in [6.07, 6.45) is 1.87. The topological polar surface area (TPSA) is 85.6 Å². The van der Waals surface area contributed by atoms with Gasteiger partial charge in [0, 0.05) is 23.9 Å². The molecule has 0 spiro atoms. The molecule has 7 nitrogen and oxygen atoms in total. The van der Waals surface area contributed by atoms with Crippen LogP contribution < -0.4 is 14.8 Å². The van der Waals surface area contributed by atoms with Crippen LogP contribution in [0.5, 0.6) is 11.5 Å². The number of fused-ring (bicyclic) bond motifs is 3. The Labute approximate surface area is 162 Å². The van der Waals surface area contributed by atoms with Gasteiger partial charge in [-0.15, -0.1) is 0 Å². The number of imidazole rings is 1. The summed E-state index contributed by atoms with van der Waals surface area (Å²) in [6.45, 7) is 1.28. The van der Waals surface area contributed by atoms with Crippen LogP contribution in [0.2, 0.25) is 0 Å². The molecule has 2 heterocycles. The van der Waals surface area contributed by atoms with Crippen molar-refractivity contribution in [2.24, 2.45) is 0 Å². The molecule has 0 fully saturated rings. The van der Waals surface area contributed by atoms with Crippen molar-refractivity contribution in [2.45, 2.75) is 19.5 Å². The van der Waals surface area contributed by atoms with Gasteiger partial charge in [-0.05, 0) is 17.2 Å². The smallest absolute Gasteiger partial charge is 0.307 e. The van der Waals surface area contributed by atoms with Gasteiger partial charge < -0.3 is 24.5 Å². The Bertz CT molecular complexity index is 1020. The first-order valence-electron chi connectivity index (χ1n) is 8.93. The molecule has 3 aromatic rings. The Balaban J connectivity index is 1.68. The minimum absolute atomic E-state index is 0.0292. The average Bonchev–Trinajstić information content (AvgIpc) is 3.11. The second-order valence-corrected chi connectivity index (χ2v) is 6.66. The van der Waals surface area contributed by atoms with E-state index in [-0.39, 0.29) is 6.42 Å². The first-order valence-corrected chi connectivity index (χ1v) is 8.93. The highest BCUT2D eigenvalue weighted by molar-refractivity contribution is 5.83. The fraction of sp³-hybridized carbons (Fsp3) is 0.238. The summed E-state index contributed by atoms with van der Waals surface area (Å²) < 4.78 is 13.0. The molecule has 0 atom stereocenters. The predicted molar refractivity (Wildman–Crippen MR) is 105 cm³/mol. The van der Waals surface area contributed by atoms with Crippen LogP contribution in [0.3, 0.4) is 0 Å². The van der Waals surface area contributed by atoms with Crippen LogP contribution in [0.25, 0.3) is 11.3 Å². The highest BCUT2D eigenvalue weighted by atomic mass is 16.5. The maximum absolute atomic E-state index is 10.8. The quantitative estimate of drug-likeness (QED) is 0.684. The summed E-state index contributed by atoms with van der Waals surface area (Å²) >= 11 is 0. The zero-order valence-electron chi connectivity index (χ0n) is 15.7. The van der Waals surface area contributed by atoms with Gasteiger partial charge in [0.25, 0.3) is 0 Å². The molecule has 1 aromatic heterocycles. The third-order valence-corrected chi connectivity index (χ3v) is 4.87. The van der Waals surface area contributed by atoms with E-state index in [2.05, 4.69) is 14.9 Å². The Morgan fingerprint density at radius 1 is 1.14 bits per heavy atom. The van der Waals surface area contributed by atoms with Crippen molar-refractivity contribution < 1.29 is 19.4 Å². The average molecular weight is 379 g/mol. The number of hydrogen-bond acceptors (Lipinski definition) is 5. The molecule has 0 bridgehead atoms. The number of carboxylic acid groups (broad SMARTS) is 1. The normalized spacial score (nSPS) is 11.9. The largest absolute Gasteiger partial charge is 0.493 e. The van der Waals surface area contributed by atoms with Gasteiger partial charge in [-0.25, -0.2) is 4.98 Å². The van der Waals surface area contributed by atoms with Gasteiger partial charge in [0.15, 0.2) is 11.5 Å². The van der Waals surface area contributed by atoms with E-state index in [4.69, 9.17) is 14.6 Å². The zero-order chi connectivity index (χ0) is 19.7. The predicted octanol–water partition coefficient (Wildman–Crippen LogP) is 3.17. The molecular formula is C21H21N3O4. The molecule has 2 aromatic carbocycles. The molecule has 1 aliphatic rings. The van der Waals surface area contributed by atoms with E-state index < -0.39 is 5.97 Å². The van der Waals surface area contributed by atoms with Crippen molar-refractivity contribution in [3.8, 4) is 22.8 Å². The van der Waals surface area contributed by atoms with E-state index in [0.29, 0.717) is 24.6 Å². The van der Waals surface area contributed by atoms with Crippen molar-refractivity contribution in [3.63, 3.8) is 0 Å². The number of aromatic nitrogens is 2. The minimum Gasteiger partial charge on any atom is -0.493 e. The fourth-order valence-corrected chi connectivity index (χ4v) is 3.52. The van der Waals surface area contributed by atoms with Gasteiger partial charge in [-0.2, -0.15) is 0 Å². The highest BCUT2D eigenvalue weighted by Crippen LogP contribution is 2.42. The van der Waals surface area contributed by atoms with Gasteiger partial charge in [0.1, 0.15) is 0 Å². The summed E-state index contributed by atoms with van der Waals surface area (Å²) in [5, 5.41) is 12.3. The lowest BCUT2D eigenvalue weighted by molar-refractivity contribution is -0.136. The zero-order valence-corrected chi connectivity index (χ0v) is 15.7. The number of anilines is 1. The second kappa shape index (κ2) is 7.26. The number of hydrogen-bond donors (Lipinski definition) is 2. The number of nitrogens with one attached hydrogen (secondary N) is 1. The number of ether oxygens (including phenoxy) is 2. The lowest BCUT2D eigenvalue weighted by Crippen LogP contribution is -2.12. The Kier molecular flexibility index (Phi) is 4.65. The molecule has 1 aliphatic heterocycles. The van der Waals surface area contributed by atoms with Crippen molar-refractivity contribution in [2.75, 3.05) is 19.5 Å². The first-order chi connectivity index (χ1) is 13.6. The number of methoxy groups -OCH3 is 2. The monoisotopic (exact) mass is 379 g/mol. The highest BCUT2D eigenvalue weighted by Gasteiger charge is 2.23. The van der Waals surface area contributed by atoms with Gasteiger partial charge in [-0.1, -0.05) is 24.3 Å². The van der Waals surface area contributed by atoms with E-state index in [9.17, 15) is 4.79 Å². The van der Waals surface area contributed by atoms with E-state index in [1.54, 1.807) is 14.2 Å². The van der Waals surface area contributed by atoms with E-state index >= 15 is 0 Å². The van der Waals surface area contributed by atoms with Crippen LogP contribution in [0.4, 0.5) is 5.69 Å². The molecule has 7 heteroatoms. The van der Waals surface area contributed by atoms with Crippen LogP contribution in [0.15, 0.2) is 42.7 Å². The van der Waals surface area contributed by atoms with Crippen LogP contribution in [0, 0.1) is 0 Å². The van der Waals surface area contributed by atoms with Crippen LogP contribution in [0.1, 0.15) is 16.8 Å². The number of carbonyl (C=O) groups is 1. The van der Waals surface area contributed by atoms with Gasteiger partial charge in [0.05, 0.1) is 44.9 Å². The van der Waals surface area contributed by atoms with E-state index in [1.807, 2.05) is 42.7 Å². The summed E-state index contributed by atoms with van der Waals surface area (Å²) in [7, 11) is 3.24. The number of carboxylic acids is 1. The summed E-state index contributed by atoms with van der Waals surface area (Å²) in [6, 6.07) is 11.5. The lowest BCUT2D eigenvalue weighted by Gasteiger charge is -2.22. The Hall–Kier alpha value is -3.48. The Morgan fingerprint density at radius 2 is 1.82 bits per heavy atom. The third-order valence-electron chi connectivity index (χ3n) is 4.87. The van der Waals surface area contributed by atoms with Crippen molar-refractivity contribution >= 4 is 11.7 Å². The van der Waals surface area contributed by atoms with Crippen LogP contribution in [-0.4, -0.2) is 34.8 Å². The van der Waals surface area contributed by atoms with Crippen LogP contribution in [-0.2, 0) is 24.3 Å². The van der Waals surface area contributed by atoms with Gasteiger partial charge >= 0.3 is 5.97 Å². The van der Waals surface area contributed by atoms with E-state index in [0.717, 1.165) is 33.8 Å². The standard InChI is InChI=1S/C21H21N3O4/c1-27-18-8-15-16(9-19(18)28-2)22-10-17-21(15)24(12-23-17)11-14-5-3-13(4-6-14)7-20(25)26/h3-6,8-9,12,22H,7,10-11H2,1-2H3,(H,25,26). The maximum atomic E-state index is 10.8. The number of benzene rings is 2. The van der Waals surface area contributed by atoms with Gasteiger partial charge in [-0.3, -0.25) is 4.79 Å². The third kappa shape index (κ3) is 3.26. The fourth-order valence-electron chi connectivity index (χ4n) is 3.52. The molecule has 0 unspecified atom stereocenters. The molecule has 0 amide bonds. The number of aliphatic carboxylic acids is 1. The van der Waals surface area contributed by atoms with Crippen molar-refractivity contribution in [3.05, 3.63) is 59.5 Å². The van der Waals surface area contributed by atoms with E-state index in [1.165, 1.54) is 0 Å². The maximum Gasteiger partial charge on any atom is 0.307 e. The molecule has 144 valence electrons. The molecule has 0 saturated heterocycles. The molecule has 28 heavy (non-hydrogen) atoms. The Morgan fingerprint density at radius 3 is 2.50 bits per heavy atom. The molecule has 4 rings (SSSR count). The SMILES string of the molecule is COc1cc2c(cc1OC)-c1c(ncn1Cc1ccc(CC(=O)O)cc1)CN2. The van der Waals surface area contributed by atoms with Gasteiger partial charge in [0.2, 0.25) is 0 Å². The van der Waals surface area contributed by atoms with Crippen molar-refractivity contribution in [1.29, 1.82) is 0 Å². The number of nitrogens with zero attached hydrogens (tertiary/aromatic N) is 2. The molecule has 2 N–H and O–H groups in total. The summed E-state index contributed by atoms with van der Waals surface area (Å²) in [5.74, 6) is 0.517.